The highest BCUT2D eigenvalue weighted by Gasteiger charge is 2.25. The Bertz CT molecular complexity index is 1040. The van der Waals surface area contributed by atoms with Gasteiger partial charge >= 0.3 is 0 Å². The maximum atomic E-state index is 12.2. The fraction of sp³-hybridized carbons (Fsp3) is 0.318. The molecule has 9 heteroatoms. The van der Waals surface area contributed by atoms with Crippen LogP contribution in [0, 0.1) is 0 Å². The largest absolute Gasteiger partial charge is 0.459 e. The molecule has 162 valence electrons. The number of aromatic nitrogens is 2. The summed E-state index contributed by atoms with van der Waals surface area (Å²) in [6.45, 7) is 2.65. The van der Waals surface area contributed by atoms with Gasteiger partial charge in [-0.1, -0.05) is 12.1 Å². The van der Waals surface area contributed by atoms with Crippen molar-refractivity contribution in [3.63, 3.8) is 0 Å². The van der Waals surface area contributed by atoms with Gasteiger partial charge in [0.05, 0.1) is 25.6 Å². The van der Waals surface area contributed by atoms with Crippen LogP contribution in [0.3, 0.4) is 0 Å². The molecule has 1 saturated heterocycles. The van der Waals surface area contributed by atoms with Crippen LogP contribution in [-0.2, 0) is 18.3 Å². The van der Waals surface area contributed by atoms with Gasteiger partial charge in [0.15, 0.2) is 11.7 Å². The van der Waals surface area contributed by atoms with E-state index in [0.29, 0.717) is 25.4 Å². The lowest BCUT2D eigenvalue weighted by molar-refractivity contribution is -0.00805. The molecular formula is C22H26N6O3. The number of guanidine groups is 1. The fourth-order valence-corrected chi connectivity index (χ4v) is 3.52. The number of morpholine rings is 1. The number of rotatable bonds is 5. The van der Waals surface area contributed by atoms with Gasteiger partial charge < -0.3 is 24.7 Å². The molecule has 3 aromatic rings. The first kappa shape index (κ1) is 20.7. The molecule has 2 aromatic heterocycles. The molecular weight excluding hydrogens is 396 g/mol. The molecule has 0 saturated carbocycles. The van der Waals surface area contributed by atoms with E-state index in [1.54, 1.807) is 23.9 Å². The predicted molar refractivity (Wildman–Crippen MR) is 117 cm³/mol. The van der Waals surface area contributed by atoms with Gasteiger partial charge in [0.25, 0.3) is 5.91 Å². The van der Waals surface area contributed by atoms with Gasteiger partial charge in [-0.25, -0.2) is 0 Å². The number of furan rings is 1. The summed E-state index contributed by atoms with van der Waals surface area (Å²) in [7, 11) is 3.67. The van der Waals surface area contributed by atoms with Gasteiger partial charge in [-0.3, -0.25) is 14.5 Å². The third kappa shape index (κ3) is 5.13. The van der Waals surface area contributed by atoms with Crippen molar-refractivity contribution in [1.82, 2.24) is 20.0 Å². The van der Waals surface area contributed by atoms with E-state index < -0.39 is 0 Å². The number of carbonyl (C=O) groups excluding carboxylic acids is 1. The third-order valence-electron chi connectivity index (χ3n) is 5.05. The summed E-state index contributed by atoms with van der Waals surface area (Å²) < 4.78 is 12.8. The second-order valence-electron chi connectivity index (χ2n) is 7.29. The van der Waals surface area contributed by atoms with Crippen LogP contribution in [0.1, 0.15) is 27.8 Å². The molecule has 31 heavy (non-hydrogen) atoms. The summed E-state index contributed by atoms with van der Waals surface area (Å²) in [5.74, 6) is 0.808. The smallest absolute Gasteiger partial charge is 0.291 e. The first-order valence-corrected chi connectivity index (χ1v) is 10.1. The molecule has 2 N–H and O–H groups in total. The number of hydrogen-bond donors (Lipinski definition) is 2. The number of benzene rings is 1. The minimum atomic E-state index is -0.277. The Hall–Kier alpha value is -3.59. The van der Waals surface area contributed by atoms with Crippen molar-refractivity contribution < 1.29 is 13.9 Å². The Kier molecular flexibility index (Phi) is 6.32. The lowest BCUT2D eigenvalue weighted by Crippen LogP contribution is -2.47. The Labute approximate surface area is 180 Å². The van der Waals surface area contributed by atoms with Crippen molar-refractivity contribution in [2.75, 3.05) is 32.1 Å². The van der Waals surface area contributed by atoms with Gasteiger partial charge in [0.1, 0.15) is 6.10 Å². The summed E-state index contributed by atoms with van der Waals surface area (Å²) in [5, 5.41) is 10.5. The lowest BCUT2D eigenvalue weighted by atomic mass is 10.1. The van der Waals surface area contributed by atoms with E-state index in [0.717, 1.165) is 23.6 Å². The van der Waals surface area contributed by atoms with Crippen LogP contribution in [0.2, 0.25) is 0 Å². The maximum absolute atomic E-state index is 12.2. The standard InChI is InChI=1S/C22H26N6O3/c1-23-22(28-8-10-31-20(15-28)17-13-25-27(2)14-17)24-12-16-5-3-6-18(11-16)26-21(29)19-7-4-9-30-19/h3-7,9,11,13-14,20H,8,10,12,15H2,1-2H3,(H,23,24)(H,26,29). The highest BCUT2D eigenvalue weighted by atomic mass is 16.5. The molecule has 9 nitrogen and oxygen atoms in total. The van der Waals surface area contributed by atoms with Crippen molar-refractivity contribution >= 4 is 17.6 Å². The number of nitrogens with zero attached hydrogens (tertiary/aromatic N) is 4. The number of carbonyl (C=O) groups is 1. The van der Waals surface area contributed by atoms with E-state index in [4.69, 9.17) is 9.15 Å². The van der Waals surface area contributed by atoms with Crippen LogP contribution in [0.5, 0.6) is 0 Å². The lowest BCUT2D eigenvalue weighted by Gasteiger charge is -2.34. The zero-order valence-corrected chi connectivity index (χ0v) is 17.6. The van der Waals surface area contributed by atoms with E-state index in [2.05, 4.69) is 25.6 Å². The maximum Gasteiger partial charge on any atom is 0.291 e. The molecule has 1 aliphatic rings. The highest BCUT2D eigenvalue weighted by Crippen LogP contribution is 2.21. The van der Waals surface area contributed by atoms with Crippen molar-refractivity contribution in [2.45, 2.75) is 12.6 Å². The van der Waals surface area contributed by atoms with Crippen LogP contribution < -0.4 is 10.6 Å². The number of aliphatic imine (C=N–C) groups is 1. The van der Waals surface area contributed by atoms with E-state index >= 15 is 0 Å². The number of anilines is 1. The summed E-state index contributed by atoms with van der Waals surface area (Å²) in [4.78, 5) is 18.8. The number of ether oxygens (including phenoxy) is 1. The molecule has 1 aromatic carbocycles. The number of aryl methyl sites for hydroxylation is 1. The number of hydrogen-bond acceptors (Lipinski definition) is 5. The van der Waals surface area contributed by atoms with E-state index in [-0.39, 0.29) is 17.8 Å². The topological polar surface area (TPSA) is 96.9 Å². The first-order chi connectivity index (χ1) is 15.1. The van der Waals surface area contributed by atoms with Crippen molar-refractivity contribution in [2.24, 2.45) is 12.0 Å². The summed E-state index contributed by atoms with van der Waals surface area (Å²) >= 11 is 0. The molecule has 1 fully saturated rings. The van der Waals surface area contributed by atoms with Crippen LogP contribution in [0.25, 0.3) is 0 Å². The Morgan fingerprint density at radius 2 is 2.23 bits per heavy atom. The van der Waals surface area contributed by atoms with Gasteiger partial charge in [0, 0.05) is 44.6 Å². The average molecular weight is 422 g/mol. The highest BCUT2D eigenvalue weighted by molar-refractivity contribution is 6.02. The van der Waals surface area contributed by atoms with Gasteiger partial charge in [-0.05, 0) is 29.8 Å². The summed E-state index contributed by atoms with van der Waals surface area (Å²) in [5.41, 5.74) is 2.79. The molecule has 1 atom stereocenters. The molecule has 1 aliphatic heterocycles. The molecule has 0 aliphatic carbocycles. The van der Waals surface area contributed by atoms with Crippen molar-refractivity contribution in [1.29, 1.82) is 0 Å². The fourth-order valence-electron chi connectivity index (χ4n) is 3.52. The van der Waals surface area contributed by atoms with Crippen LogP contribution in [0.15, 0.2) is 64.5 Å². The monoisotopic (exact) mass is 422 g/mol. The Balaban J connectivity index is 1.36. The normalized spacial score (nSPS) is 16.9. The van der Waals surface area contributed by atoms with Gasteiger partial charge in [-0.2, -0.15) is 5.10 Å². The van der Waals surface area contributed by atoms with Crippen LogP contribution in [-0.4, -0.2) is 53.3 Å². The average Bonchev–Trinajstić information content (AvgIpc) is 3.47. The molecule has 4 rings (SSSR count). The molecule has 0 spiro atoms. The first-order valence-electron chi connectivity index (χ1n) is 10.1. The summed E-state index contributed by atoms with van der Waals surface area (Å²) in [6.07, 6.45) is 5.26. The van der Waals surface area contributed by atoms with E-state index in [1.165, 1.54) is 6.26 Å². The predicted octanol–water partition coefficient (Wildman–Crippen LogP) is 2.41. The second kappa shape index (κ2) is 9.48. The quantitative estimate of drug-likeness (QED) is 0.484. The molecule has 0 bridgehead atoms. The molecule has 1 unspecified atom stereocenters. The van der Waals surface area contributed by atoms with E-state index in [1.807, 2.05) is 43.7 Å². The number of amides is 1. The van der Waals surface area contributed by atoms with Crippen LogP contribution in [0.4, 0.5) is 5.69 Å². The minimum absolute atomic E-state index is 0.0406. The molecule has 3 heterocycles. The summed E-state index contributed by atoms with van der Waals surface area (Å²) in [6, 6.07) is 11.0. The third-order valence-corrected chi connectivity index (χ3v) is 5.05. The van der Waals surface area contributed by atoms with Gasteiger partial charge in [0.2, 0.25) is 0 Å². The SMILES string of the molecule is CN=C(NCc1cccc(NC(=O)c2ccco2)c1)N1CCOC(c2cnn(C)c2)C1. The number of nitrogens with one attached hydrogen (secondary N) is 2. The molecule has 1 amide bonds. The zero-order valence-electron chi connectivity index (χ0n) is 17.6. The second-order valence-corrected chi connectivity index (χ2v) is 7.29. The van der Waals surface area contributed by atoms with Crippen LogP contribution >= 0.6 is 0 Å². The van der Waals surface area contributed by atoms with Crippen molar-refractivity contribution in [3.8, 4) is 0 Å². The Morgan fingerprint density at radius 1 is 1.32 bits per heavy atom. The zero-order chi connectivity index (χ0) is 21.6. The van der Waals surface area contributed by atoms with Gasteiger partial charge in [-0.15, -0.1) is 0 Å². The van der Waals surface area contributed by atoms with Crippen molar-refractivity contribution in [3.05, 3.63) is 71.9 Å². The Morgan fingerprint density at radius 3 is 2.97 bits per heavy atom. The van der Waals surface area contributed by atoms with E-state index in [9.17, 15) is 4.79 Å². The minimum Gasteiger partial charge on any atom is -0.459 e. The molecule has 0 radical (unpaired) electrons.